The summed E-state index contributed by atoms with van der Waals surface area (Å²) in [6.45, 7) is 4.25. The zero-order valence-electron chi connectivity index (χ0n) is 12.0. The van der Waals surface area contributed by atoms with Crippen LogP contribution in [-0.2, 0) is 0 Å². The molecule has 0 saturated heterocycles. The highest BCUT2D eigenvalue weighted by Crippen LogP contribution is 2.31. The summed E-state index contributed by atoms with van der Waals surface area (Å²) in [7, 11) is 0. The maximum Gasteiger partial charge on any atom is 0.389 e. The highest BCUT2D eigenvalue weighted by Gasteiger charge is 2.31. The molecule has 0 unspecified atom stereocenters. The summed E-state index contributed by atoms with van der Waals surface area (Å²) in [6, 6.07) is 0. The van der Waals surface area contributed by atoms with Crippen LogP contribution in [-0.4, -0.2) is 6.18 Å². The van der Waals surface area contributed by atoms with Crippen molar-refractivity contribution >= 4 is 0 Å². The minimum Gasteiger partial charge on any atom is -0.171 e. The van der Waals surface area contributed by atoms with Crippen LogP contribution in [0, 0.1) is 5.92 Å². The first-order valence-corrected chi connectivity index (χ1v) is 7.56. The van der Waals surface area contributed by atoms with Crippen molar-refractivity contribution < 1.29 is 13.2 Å². The van der Waals surface area contributed by atoms with Gasteiger partial charge >= 0.3 is 6.18 Å². The van der Waals surface area contributed by atoms with Crippen molar-refractivity contribution in [1.29, 1.82) is 0 Å². The predicted molar refractivity (Wildman–Crippen MR) is 71.7 cm³/mol. The van der Waals surface area contributed by atoms with Crippen molar-refractivity contribution in [3.05, 3.63) is 0 Å². The maximum atomic E-state index is 12.5. The third kappa shape index (κ3) is 12.3. The zero-order valence-corrected chi connectivity index (χ0v) is 12.0. The van der Waals surface area contributed by atoms with Gasteiger partial charge in [0.1, 0.15) is 0 Å². The Kier molecular flexibility index (Phi) is 10.6. The number of rotatable bonds is 11. The average Bonchev–Trinajstić information content (AvgIpc) is 2.28. The van der Waals surface area contributed by atoms with E-state index in [-0.39, 0.29) is 5.92 Å². The third-order valence-electron chi connectivity index (χ3n) is 3.45. The summed E-state index contributed by atoms with van der Waals surface area (Å²) in [4.78, 5) is 0. The van der Waals surface area contributed by atoms with Gasteiger partial charge in [-0.3, -0.25) is 0 Å². The summed E-state index contributed by atoms with van der Waals surface area (Å²) in [5.41, 5.74) is 0. The smallest absolute Gasteiger partial charge is 0.171 e. The molecule has 3 heteroatoms. The van der Waals surface area contributed by atoms with E-state index >= 15 is 0 Å². The van der Waals surface area contributed by atoms with Gasteiger partial charge in [-0.25, -0.2) is 0 Å². The molecule has 0 aliphatic heterocycles. The van der Waals surface area contributed by atoms with E-state index in [9.17, 15) is 13.2 Å². The SMILES string of the molecule is CCCCCCC(CCCCCC)CC(F)(F)F. The summed E-state index contributed by atoms with van der Waals surface area (Å²) in [6.07, 6.45) is 5.61. The molecule has 0 aromatic rings. The van der Waals surface area contributed by atoms with E-state index in [0.717, 1.165) is 64.2 Å². The van der Waals surface area contributed by atoms with Crippen molar-refractivity contribution in [3.8, 4) is 0 Å². The molecule has 0 aromatic carbocycles. The van der Waals surface area contributed by atoms with Crippen molar-refractivity contribution in [3.63, 3.8) is 0 Å². The summed E-state index contributed by atoms with van der Waals surface area (Å²) < 4.78 is 37.4. The van der Waals surface area contributed by atoms with Gasteiger partial charge in [0, 0.05) is 6.42 Å². The van der Waals surface area contributed by atoms with Crippen LogP contribution in [0.4, 0.5) is 13.2 Å². The Balaban J connectivity index is 3.85. The number of unbranched alkanes of at least 4 members (excludes halogenated alkanes) is 6. The summed E-state index contributed by atoms with van der Waals surface area (Å²) >= 11 is 0. The number of hydrogen-bond acceptors (Lipinski definition) is 0. The van der Waals surface area contributed by atoms with E-state index in [4.69, 9.17) is 0 Å². The lowest BCUT2D eigenvalue weighted by molar-refractivity contribution is -0.145. The van der Waals surface area contributed by atoms with Crippen LogP contribution in [0.1, 0.15) is 84.5 Å². The van der Waals surface area contributed by atoms with Gasteiger partial charge in [-0.2, -0.15) is 13.2 Å². The minimum absolute atomic E-state index is 0.140. The topological polar surface area (TPSA) is 0 Å². The standard InChI is InChI=1S/C15H29F3/c1-3-5-7-9-11-14(13-15(16,17)18)12-10-8-6-4-2/h14H,3-13H2,1-2H3. The molecule has 0 N–H and O–H groups in total. The summed E-state index contributed by atoms with van der Waals surface area (Å²) in [5, 5.41) is 0. The molecule has 0 radical (unpaired) electrons. The fourth-order valence-electron chi connectivity index (χ4n) is 2.40. The largest absolute Gasteiger partial charge is 0.389 e. The third-order valence-corrected chi connectivity index (χ3v) is 3.45. The van der Waals surface area contributed by atoms with E-state index in [1.807, 2.05) is 0 Å². The number of alkyl halides is 3. The first kappa shape index (κ1) is 17.8. The summed E-state index contributed by atoms with van der Waals surface area (Å²) in [5.74, 6) is -0.140. The van der Waals surface area contributed by atoms with Crippen LogP contribution in [0.3, 0.4) is 0 Å². The van der Waals surface area contributed by atoms with E-state index in [0.29, 0.717) is 0 Å². The Hall–Kier alpha value is -0.210. The highest BCUT2D eigenvalue weighted by molar-refractivity contribution is 4.65. The molecule has 0 bridgehead atoms. The molecular formula is C15H29F3. The van der Waals surface area contributed by atoms with Crippen LogP contribution in [0.5, 0.6) is 0 Å². The molecule has 0 atom stereocenters. The number of hydrogen-bond donors (Lipinski definition) is 0. The van der Waals surface area contributed by atoms with Crippen LogP contribution >= 0.6 is 0 Å². The van der Waals surface area contributed by atoms with Gasteiger partial charge in [0.05, 0.1) is 0 Å². The molecule has 0 fully saturated rings. The lowest BCUT2D eigenvalue weighted by Gasteiger charge is -2.18. The molecule has 0 spiro atoms. The fraction of sp³-hybridized carbons (Fsp3) is 1.00. The van der Waals surface area contributed by atoms with Gasteiger partial charge in [0.25, 0.3) is 0 Å². The van der Waals surface area contributed by atoms with Crippen LogP contribution < -0.4 is 0 Å². The van der Waals surface area contributed by atoms with Crippen molar-refractivity contribution in [1.82, 2.24) is 0 Å². The van der Waals surface area contributed by atoms with Crippen LogP contribution in [0.15, 0.2) is 0 Å². The molecule has 0 amide bonds. The fourth-order valence-corrected chi connectivity index (χ4v) is 2.40. The van der Waals surface area contributed by atoms with Crippen LogP contribution in [0.25, 0.3) is 0 Å². The van der Waals surface area contributed by atoms with Crippen molar-refractivity contribution in [2.75, 3.05) is 0 Å². The van der Waals surface area contributed by atoms with Crippen molar-refractivity contribution in [2.45, 2.75) is 90.7 Å². The Morgan fingerprint density at radius 3 is 1.50 bits per heavy atom. The highest BCUT2D eigenvalue weighted by atomic mass is 19.4. The van der Waals surface area contributed by atoms with E-state index in [1.54, 1.807) is 0 Å². The molecule has 18 heavy (non-hydrogen) atoms. The quantitative estimate of drug-likeness (QED) is 0.375. The molecule has 0 heterocycles. The lowest BCUT2D eigenvalue weighted by Crippen LogP contribution is -2.15. The second kappa shape index (κ2) is 10.7. The molecule has 110 valence electrons. The van der Waals surface area contributed by atoms with Gasteiger partial charge < -0.3 is 0 Å². The van der Waals surface area contributed by atoms with Gasteiger partial charge in [-0.05, 0) is 5.92 Å². The van der Waals surface area contributed by atoms with E-state index < -0.39 is 12.6 Å². The normalized spacial score (nSPS) is 12.3. The molecule has 0 aromatic heterocycles. The van der Waals surface area contributed by atoms with Crippen molar-refractivity contribution in [2.24, 2.45) is 5.92 Å². The lowest BCUT2D eigenvalue weighted by atomic mass is 9.91. The second-order valence-corrected chi connectivity index (χ2v) is 5.38. The van der Waals surface area contributed by atoms with Gasteiger partial charge in [-0.1, -0.05) is 78.1 Å². The molecule has 0 aliphatic carbocycles. The van der Waals surface area contributed by atoms with E-state index in [1.165, 1.54) is 0 Å². The number of halogens is 3. The molecule has 0 rings (SSSR count). The predicted octanol–water partition coefficient (Wildman–Crippen LogP) is 6.50. The Labute approximate surface area is 110 Å². The Bertz CT molecular complexity index is 163. The van der Waals surface area contributed by atoms with Gasteiger partial charge in [-0.15, -0.1) is 0 Å². The van der Waals surface area contributed by atoms with Gasteiger partial charge in [0.15, 0.2) is 0 Å². The average molecular weight is 266 g/mol. The Morgan fingerprint density at radius 2 is 1.17 bits per heavy atom. The van der Waals surface area contributed by atoms with Gasteiger partial charge in [0.2, 0.25) is 0 Å². The van der Waals surface area contributed by atoms with Crippen LogP contribution in [0.2, 0.25) is 0 Å². The molecule has 0 aliphatic rings. The Morgan fingerprint density at radius 1 is 0.722 bits per heavy atom. The monoisotopic (exact) mass is 266 g/mol. The first-order valence-electron chi connectivity index (χ1n) is 7.56. The van der Waals surface area contributed by atoms with E-state index in [2.05, 4.69) is 13.8 Å². The molecule has 0 nitrogen and oxygen atoms in total. The first-order chi connectivity index (χ1) is 8.49. The maximum absolute atomic E-state index is 12.5. The second-order valence-electron chi connectivity index (χ2n) is 5.38. The zero-order chi connectivity index (χ0) is 13.9. The minimum atomic E-state index is -3.99. The molecule has 0 saturated carbocycles. The molecular weight excluding hydrogens is 237 g/mol.